The zero-order valence-corrected chi connectivity index (χ0v) is 13.8. The van der Waals surface area contributed by atoms with Crippen molar-refractivity contribution in [1.29, 1.82) is 0 Å². The Balaban J connectivity index is 1.60. The minimum Gasteiger partial charge on any atom is -0.497 e. The second-order valence-electron chi connectivity index (χ2n) is 5.44. The van der Waals surface area contributed by atoms with Crippen molar-refractivity contribution in [3.63, 3.8) is 0 Å². The van der Waals surface area contributed by atoms with Gasteiger partial charge in [0.15, 0.2) is 11.5 Å². The van der Waals surface area contributed by atoms with E-state index in [4.69, 9.17) is 25.8 Å². The number of hydrogen-bond acceptors (Lipinski definition) is 4. The van der Waals surface area contributed by atoms with Crippen molar-refractivity contribution in [2.45, 2.75) is 12.5 Å². The fourth-order valence-corrected chi connectivity index (χ4v) is 2.49. The third-order valence-electron chi connectivity index (χ3n) is 3.73. The lowest BCUT2D eigenvalue weighted by Gasteiger charge is -2.28. The van der Waals surface area contributed by atoms with Gasteiger partial charge in [-0.1, -0.05) is 23.7 Å². The molecule has 0 atom stereocenters. The summed E-state index contributed by atoms with van der Waals surface area (Å²) < 4.78 is 17.0. The molecule has 0 aliphatic carbocycles. The van der Waals surface area contributed by atoms with Crippen LogP contribution in [0.3, 0.4) is 0 Å². The van der Waals surface area contributed by atoms with Crippen LogP contribution in [-0.2, 0) is 6.42 Å². The molecular formula is C18H20ClNO3. The van der Waals surface area contributed by atoms with Crippen LogP contribution in [0.25, 0.3) is 0 Å². The molecule has 0 bridgehead atoms. The van der Waals surface area contributed by atoms with E-state index in [1.165, 1.54) is 5.56 Å². The molecule has 4 nitrogen and oxygen atoms in total. The summed E-state index contributed by atoms with van der Waals surface area (Å²) >= 11 is 6.06. The lowest BCUT2D eigenvalue weighted by Crippen LogP contribution is -2.50. The Kier molecular flexibility index (Phi) is 5.26. The van der Waals surface area contributed by atoms with Crippen LogP contribution >= 0.6 is 11.6 Å². The summed E-state index contributed by atoms with van der Waals surface area (Å²) in [5, 5.41) is 3.83. The van der Waals surface area contributed by atoms with Gasteiger partial charge in [-0.15, -0.1) is 0 Å². The SMILES string of the molecule is COc1cccc(CCOc2ccc(Cl)cc2OC2CNC2)c1. The first-order chi connectivity index (χ1) is 11.2. The van der Waals surface area contributed by atoms with Gasteiger partial charge in [-0.25, -0.2) is 0 Å². The van der Waals surface area contributed by atoms with E-state index in [0.29, 0.717) is 17.4 Å². The topological polar surface area (TPSA) is 39.7 Å². The molecule has 0 radical (unpaired) electrons. The molecule has 1 aliphatic rings. The van der Waals surface area contributed by atoms with Gasteiger partial charge in [0.1, 0.15) is 11.9 Å². The summed E-state index contributed by atoms with van der Waals surface area (Å²) in [5.41, 5.74) is 1.17. The van der Waals surface area contributed by atoms with Crippen LogP contribution in [0.1, 0.15) is 5.56 Å². The molecule has 5 heteroatoms. The molecule has 0 saturated carbocycles. The van der Waals surface area contributed by atoms with E-state index in [-0.39, 0.29) is 6.10 Å². The minimum absolute atomic E-state index is 0.189. The summed E-state index contributed by atoms with van der Waals surface area (Å²) in [4.78, 5) is 0. The highest BCUT2D eigenvalue weighted by Gasteiger charge is 2.20. The molecule has 1 aliphatic heterocycles. The maximum Gasteiger partial charge on any atom is 0.163 e. The fraction of sp³-hybridized carbons (Fsp3) is 0.333. The van der Waals surface area contributed by atoms with Crippen molar-refractivity contribution < 1.29 is 14.2 Å². The highest BCUT2D eigenvalue weighted by Crippen LogP contribution is 2.31. The molecule has 1 heterocycles. The molecule has 0 spiro atoms. The van der Waals surface area contributed by atoms with Crippen molar-refractivity contribution in [3.8, 4) is 17.2 Å². The zero-order valence-electron chi connectivity index (χ0n) is 13.0. The van der Waals surface area contributed by atoms with Gasteiger partial charge in [-0.3, -0.25) is 0 Å². The second kappa shape index (κ2) is 7.57. The van der Waals surface area contributed by atoms with E-state index in [2.05, 4.69) is 11.4 Å². The van der Waals surface area contributed by atoms with E-state index < -0.39 is 0 Å². The average Bonchev–Trinajstić information content (AvgIpc) is 2.53. The summed E-state index contributed by atoms with van der Waals surface area (Å²) in [7, 11) is 1.67. The number of benzene rings is 2. The predicted octanol–water partition coefficient (Wildman–Crippen LogP) is 3.32. The van der Waals surface area contributed by atoms with E-state index in [1.807, 2.05) is 30.3 Å². The number of halogens is 1. The molecule has 0 amide bonds. The van der Waals surface area contributed by atoms with Crippen molar-refractivity contribution in [3.05, 3.63) is 53.1 Å². The van der Waals surface area contributed by atoms with E-state index in [1.54, 1.807) is 13.2 Å². The molecule has 3 rings (SSSR count). The van der Waals surface area contributed by atoms with Crippen LogP contribution in [0, 0.1) is 0 Å². The molecule has 2 aromatic carbocycles. The van der Waals surface area contributed by atoms with Crippen LogP contribution in [0.5, 0.6) is 17.2 Å². The number of rotatable bonds is 7. The van der Waals surface area contributed by atoms with Crippen LogP contribution in [0.15, 0.2) is 42.5 Å². The molecule has 2 aromatic rings. The zero-order chi connectivity index (χ0) is 16.1. The molecule has 0 aromatic heterocycles. The molecular weight excluding hydrogens is 314 g/mol. The van der Waals surface area contributed by atoms with E-state index in [9.17, 15) is 0 Å². The van der Waals surface area contributed by atoms with E-state index in [0.717, 1.165) is 31.0 Å². The Morgan fingerprint density at radius 2 is 2.00 bits per heavy atom. The predicted molar refractivity (Wildman–Crippen MR) is 90.9 cm³/mol. The molecule has 122 valence electrons. The van der Waals surface area contributed by atoms with E-state index >= 15 is 0 Å². The Bertz CT molecular complexity index is 658. The van der Waals surface area contributed by atoms with Gasteiger partial charge < -0.3 is 19.5 Å². The quantitative estimate of drug-likeness (QED) is 0.843. The van der Waals surface area contributed by atoms with Crippen LogP contribution in [0.2, 0.25) is 5.02 Å². The monoisotopic (exact) mass is 333 g/mol. The standard InChI is InChI=1S/C18H20ClNO3/c1-21-15-4-2-3-13(9-15)7-8-22-17-6-5-14(19)10-18(17)23-16-11-20-12-16/h2-6,9-10,16,20H,7-8,11-12H2,1H3. The summed E-state index contributed by atoms with van der Waals surface area (Å²) in [6, 6.07) is 13.5. The Morgan fingerprint density at radius 3 is 2.74 bits per heavy atom. The van der Waals surface area contributed by atoms with Gasteiger partial charge in [0.05, 0.1) is 13.7 Å². The third kappa shape index (κ3) is 4.30. The van der Waals surface area contributed by atoms with Crippen molar-refractivity contribution in [2.75, 3.05) is 26.8 Å². The molecule has 23 heavy (non-hydrogen) atoms. The highest BCUT2D eigenvalue weighted by molar-refractivity contribution is 6.30. The second-order valence-corrected chi connectivity index (χ2v) is 5.88. The minimum atomic E-state index is 0.189. The van der Waals surface area contributed by atoms with Gasteiger partial charge in [0.25, 0.3) is 0 Å². The molecule has 0 unspecified atom stereocenters. The lowest BCUT2D eigenvalue weighted by molar-refractivity contribution is 0.135. The fourth-order valence-electron chi connectivity index (χ4n) is 2.33. The number of ether oxygens (including phenoxy) is 3. The van der Waals surface area contributed by atoms with Crippen LogP contribution in [0.4, 0.5) is 0 Å². The third-order valence-corrected chi connectivity index (χ3v) is 3.96. The normalized spacial score (nSPS) is 14.2. The van der Waals surface area contributed by atoms with Crippen molar-refractivity contribution in [1.82, 2.24) is 5.32 Å². The first-order valence-corrected chi connectivity index (χ1v) is 8.05. The van der Waals surface area contributed by atoms with Gasteiger partial charge in [0, 0.05) is 30.6 Å². The van der Waals surface area contributed by atoms with Crippen LogP contribution < -0.4 is 19.5 Å². The van der Waals surface area contributed by atoms with Gasteiger partial charge in [-0.05, 0) is 29.8 Å². The maximum atomic E-state index is 6.06. The molecule has 1 fully saturated rings. The Morgan fingerprint density at radius 1 is 1.13 bits per heavy atom. The lowest BCUT2D eigenvalue weighted by atomic mass is 10.1. The number of methoxy groups -OCH3 is 1. The number of hydrogen-bond donors (Lipinski definition) is 1. The molecule has 1 saturated heterocycles. The first-order valence-electron chi connectivity index (χ1n) is 7.67. The Labute approximate surface area is 141 Å². The first kappa shape index (κ1) is 16.0. The van der Waals surface area contributed by atoms with Gasteiger partial charge >= 0.3 is 0 Å². The van der Waals surface area contributed by atoms with Gasteiger partial charge in [-0.2, -0.15) is 0 Å². The smallest absolute Gasteiger partial charge is 0.163 e. The van der Waals surface area contributed by atoms with Crippen molar-refractivity contribution in [2.24, 2.45) is 0 Å². The maximum absolute atomic E-state index is 6.06. The largest absolute Gasteiger partial charge is 0.497 e. The Hall–Kier alpha value is -1.91. The average molecular weight is 334 g/mol. The van der Waals surface area contributed by atoms with Gasteiger partial charge in [0.2, 0.25) is 0 Å². The summed E-state index contributed by atoms with van der Waals surface area (Å²) in [6.07, 6.45) is 0.985. The highest BCUT2D eigenvalue weighted by atomic mass is 35.5. The summed E-state index contributed by atoms with van der Waals surface area (Å²) in [6.45, 7) is 2.28. The number of nitrogens with one attached hydrogen (secondary N) is 1. The van der Waals surface area contributed by atoms with Crippen LogP contribution in [-0.4, -0.2) is 32.9 Å². The summed E-state index contributed by atoms with van der Waals surface area (Å²) in [5.74, 6) is 2.29. The van der Waals surface area contributed by atoms with Crippen molar-refractivity contribution >= 4 is 11.6 Å². The molecule has 1 N–H and O–H groups in total.